The van der Waals surface area contributed by atoms with E-state index in [1.807, 2.05) is 6.92 Å². The maximum Gasteiger partial charge on any atom is 1.00 e. The van der Waals surface area contributed by atoms with E-state index in [0.29, 0.717) is 6.42 Å². The van der Waals surface area contributed by atoms with Crippen molar-refractivity contribution in [1.82, 2.24) is 0 Å². The predicted molar refractivity (Wildman–Crippen MR) is 24.1 cm³/mol. The van der Waals surface area contributed by atoms with Crippen LogP contribution in [0.3, 0.4) is 0 Å². The van der Waals surface area contributed by atoms with E-state index >= 15 is 0 Å². The van der Waals surface area contributed by atoms with Gasteiger partial charge in [-0.2, -0.15) is 0 Å². The van der Waals surface area contributed by atoms with Crippen LogP contribution in [0.2, 0.25) is 0 Å². The fourth-order valence-corrected chi connectivity index (χ4v) is 0.246. The second-order valence-corrected chi connectivity index (χ2v) is 1.22. The second kappa shape index (κ2) is 6.47. The zero-order chi connectivity index (χ0) is 4.99. The molecule has 0 aromatic heterocycles. The van der Waals surface area contributed by atoms with Gasteiger partial charge in [0.05, 0.1) is 0 Å². The van der Waals surface area contributed by atoms with Gasteiger partial charge < -0.3 is 5.73 Å². The van der Waals surface area contributed by atoms with Crippen LogP contribution in [0, 0.1) is 0 Å². The number of amides is 1. The summed E-state index contributed by atoms with van der Waals surface area (Å²) in [5.41, 5.74) is 4.76. The molecule has 0 aliphatic carbocycles. The molecule has 0 bridgehead atoms. The number of hydrogen-bond donors (Lipinski definition) is 1. The summed E-state index contributed by atoms with van der Waals surface area (Å²) in [7, 11) is 0. The number of carbonyl (C=O) groups is 1. The Labute approximate surface area is 65.7 Å². The van der Waals surface area contributed by atoms with E-state index in [1.165, 1.54) is 0 Å². The van der Waals surface area contributed by atoms with Crippen molar-refractivity contribution in [1.29, 1.82) is 0 Å². The molecule has 2 N–H and O–H groups in total. The van der Waals surface area contributed by atoms with Gasteiger partial charge in [0, 0.05) is 6.42 Å². The molecule has 0 unspecified atom stereocenters. The first-order valence-corrected chi connectivity index (χ1v) is 2.05. The summed E-state index contributed by atoms with van der Waals surface area (Å²) in [6.07, 6.45) is 1.37. The number of nitrogens with two attached hydrogens (primary N) is 1. The smallest absolute Gasteiger partial charge is 0.370 e. The van der Waals surface area contributed by atoms with E-state index in [1.54, 1.807) is 0 Å². The van der Waals surface area contributed by atoms with Crippen molar-refractivity contribution < 1.29 is 34.4 Å². The summed E-state index contributed by atoms with van der Waals surface area (Å²) in [6, 6.07) is 0. The van der Waals surface area contributed by atoms with E-state index in [2.05, 4.69) is 0 Å². The van der Waals surface area contributed by atoms with Gasteiger partial charge >= 0.3 is 29.6 Å². The monoisotopic (exact) mass is 110 g/mol. The van der Waals surface area contributed by atoms with Crippen molar-refractivity contribution in [3.63, 3.8) is 0 Å². The number of rotatable bonds is 2. The van der Waals surface area contributed by atoms with Gasteiger partial charge in [0.2, 0.25) is 5.91 Å². The molecule has 1 amide bonds. The van der Waals surface area contributed by atoms with Crippen LogP contribution in [0.5, 0.6) is 0 Å². The van der Waals surface area contributed by atoms with Gasteiger partial charge in [-0.25, -0.2) is 0 Å². The summed E-state index contributed by atoms with van der Waals surface area (Å²) in [5, 5.41) is 0. The molecule has 0 aliphatic rings. The van der Waals surface area contributed by atoms with Crippen LogP contribution >= 0.6 is 0 Å². The quantitative estimate of drug-likeness (QED) is 0.385. The third kappa shape index (κ3) is 10.7. The summed E-state index contributed by atoms with van der Waals surface area (Å²) >= 11 is 0. The zero-order valence-electron chi connectivity index (χ0n) is 4.90. The Kier molecular flexibility index (Phi) is 9.66. The average molecular weight is 110 g/mol. The fourth-order valence-electron chi connectivity index (χ4n) is 0.246. The van der Waals surface area contributed by atoms with E-state index < -0.39 is 0 Å². The minimum atomic E-state index is -0.211. The molecule has 0 rings (SSSR count). The van der Waals surface area contributed by atoms with E-state index in [0.717, 1.165) is 6.42 Å². The molecule has 0 fully saturated rings. The van der Waals surface area contributed by atoms with Crippen molar-refractivity contribution in [2.45, 2.75) is 19.8 Å². The van der Waals surface area contributed by atoms with Crippen LogP contribution in [0.4, 0.5) is 0 Å². The standard InChI is InChI=1S/C4H9NO.Na/c1-2-3-4(5)6;/h2-3H2,1H3,(H2,5,6);/q;+1. The number of hydrogen-bond acceptors (Lipinski definition) is 1. The molecule has 0 saturated heterocycles. The van der Waals surface area contributed by atoms with Gasteiger partial charge in [-0.3, -0.25) is 4.79 Å². The van der Waals surface area contributed by atoms with Gasteiger partial charge in [0.15, 0.2) is 0 Å². The molecule has 0 radical (unpaired) electrons. The van der Waals surface area contributed by atoms with E-state index in [-0.39, 0.29) is 35.5 Å². The van der Waals surface area contributed by atoms with Crippen molar-refractivity contribution in [2.24, 2.45) is 5.73 Å². The minimum Gasteiger partial charge on any atom is -0.370 e. The molecule has 0 atom stereocenters. The van der Waals surface area contributed by atoms with Gasteiger partial charge in [-0.15, -0.1) is 0 Å². The molecule has 2 nitrogen and oxygen atoms in total. The SMILES string of the molecule is CCCC(N)=O.[Na+]. The Morgan fingerprint density at radius 2 is 2.14 bits per heavy atom. The second-order valence-electron chi connectivity index (χ2n) is 1.22. The number of carbonyl (C=O) groups excluding carboxylic acids is 1. The summed E-state index contributed by atoms with van der Waals surface area (Å²) in [4.78, 5) is 9.82. The molecule has 0 aliphatic heterocycles. The third-order valence-corrected chi connectivity index (χ3v) is 0.496. The van der Waals surface area contributed by atoms with Crippen LogP contribution in [0.25, 0.3) is 0 Å². The molecule has 0 saturated carbocycles. The molecular weight excluding hydrogens is 101 g/mol. The van der Waals surface area contributed by atoms with Crippen LogP contribution in [0.15, 0.2) is 0 Å². The Bertz CT molecular complexity index is 55.7. The zero-order valence-corrected chi connectivity index (χ0v) is 6.90. The summed E-state index contributed by atoms with van der Waals surface area (Å²) < 4.78 is 0. The predicted octanol–water partition coefficient (Wildman–Crippen LogP) is -2.72. The molecule has 0 spiro atoms. The first-order valence-electron chi connectivity index (χ1n) is 2.05. The van der Waals surface area contributed by atoms with Crippen molar-refractivity contribution in [3.05, 3.63) is 0 Å². The van der Waals surface area contributed by atoms with E-state index in [4.69, 9.17) is 5.73 Å². The Balaban J connectivity index is 0. The van der Waals surface area contributed by atoms with Gasteiger partial charge in [0.25, 0.3) is 0 Å². The van der Waals surface area contributed by atoms with Crippen LogP contribution < -0.4 is 35.3 Å². The van der Waals surface area contributed by atoms with Crippen LogP contribution in [0.1, 0.15) is 19.8 Å². The molecular formula is C4H9NNaO+. The molecule has 36 valence electrons. The Morgan fingerprint density at radius 1 is 1.71 bits per heavy atom. The maximum absolute atomic E-state index is 9.82. The molecule has 0 heterocycles. The number of primary amides is 1. The first kappa shape index (κ1) is 10.5. The van der Waals surface area contributed by atoms with Crippen LogP contribution in [-0.4, -0.2) is 5.91 Å². The average Bonchev–Trinajstić information content (AvgIpc) is 1.35. The first-order chi connectivity index (χ1) is 2.77. The van der Waals surface area contributed by atoms with Crippen molar-refractivity contribution in [3.8, 4) is 0 Å². The molecule has 3 heteroatoms. The maximum atomic E-state index is 9.82. The largest absolute Gasteiger partial charge is 1.00 e. The minimum absolute atomic E-state index is 0. The fraction of sp³-hybridized carbons (Fsp3) is 0.750. The van der Waals surface area contributed by atoms with Crippen molar-refractivity contribution >= 4 is 5.91 Å². The molecule has 0 aromatic rings. The topological polar surface area (TPSA) is 43.1 Å². The van der Waals surface area contributed by atoms with Gasteiger partial charge in [-0.05, 0) is 6.42 Å². The molecule has 0 aromatic carbocycles. The van der Waals surface area contributed by atoms with Gasteiger partial charge in [0.1, 0.15) is 0 Å². The third-order valence-electron chi connectivity index (χ3n) is 0.496. The summed E-state index contributed by atoms with van der Waals surface area (Å²) in [6.45, 7) is 1.92. The Hall–Kier alpha value is 0.470. The summed E-state index contributed by atoms with van der Waals surface area (Å²) in [5.74, 6) is -0.211. The van der Waals surface area contributed by atoms with Gasteiger partial charge in [-0.1, -0.05) is 6.92 Å². The van der Waals surface area contributed by atoms with E-state index in [9.17, 15) is 4.79 Å². The van der Waals surface area contributed by atoms with Crippen molar-refractivity contribution in [2.75, 3.05) is 0 Å². The Morgan fingerprint density at radius 3 is 2.14 bits per heavy atom. The molecule has 7 heavy (non-hydrogen) atoms. The van der Waals surface area contributed by atoms with Crippen LogP contribution in [-0.2, 0) is 4.79 Å². The normalized spacial score (nSPS) is 7.00.